The van der Waals surface area contributed by atoms with Crippen LogP contribution in [0.4, 0.5) is 5.82 Å². The summed E-state index contributed by atoms with van der Waals surface area (Å²) >= 11 is 1.75. The van der Waals surface area contributed by atoms with E-state index in [0.29, 0.717) is 11.7 Å². The molecule has 2 aromatic rings. The first kappa shape index (κ1) is 9.99. The van der Waals surface area contributed by atoms with Gasteiger partial charge in [-0.3, -0.25) is 0 Å². The third-order valence-electron chi connectivity index (χ3n) is 3.31. The average Bonchev–Trinajstić information content (AvgIpc) is 2.67. The fourth-order valence-electron chi connectivity index (χ4n) is 2.40. The van der Waals surface area contributed by atoms with Gasteiger partial charge in [-0.25, -0.2) is 9.97 Å². The summed E-state index contributed by atoms with van der Waals surface area (Å²) in [6, 6.07) is 0. The van der Waals surface area contributed by atoms with Crippen LogP contribution in [0.25, 0.3) is 10.2 Å². The first-order chi connectivity index (χ1) is 7.79. The molecule has 5 heteroatoms. The highest BCUT2D eigenvalue weighted by molar-refractivity contribution is 7.19. The van der Waals surface area contributed by atoms with E-state index in [1.54, 1.807) is 17.7 Å². The van der Waals surface area contributed by atoms with Crippen molar-refractivity contribution in [1.82, 2.24) is 9.97 Å². The predicted molar refractivity (Wildman–Crippen MR) is 66.4 cm³/mol. The number of aryl methyl sites for hydroxylation is 1. The predicted octanol–water partition coefficient (Wildman–Crippen LogP) is 1.34. The van der Waals surface area contributed by atoms with Crippen LogP contribution in [-0.4, -0.2) is 16.5 Å². The summed E-state index contributed by atoms with van der Waals surface area (Å²) in [5, 5.41) is 1.08. The third kappa shape index (κ3) is 1.39. The van der Waals surface area contributed by atoms with Crippen LogP contribution >= 0.6 is 11.3 Å². The maximum atomic E-state index is 5.92. The van der Waals surface area contributed by atoms with Crippen LogP contribution in [0.3, 0.4) is 0 Å². The van der Waals surface area contributed by atoms with Gasteiger partial charge >= 0.3 is 0 Å². The smallest absolute Gasteiger partial charge is 0.135 e. The van der Waals surface area contributed by atoms with Crippen LogP contribution in [0, 0.1) is 5.92 Å². The molecule has 0 radical (unpaired) electrons. The summed E-state index contributed by atoms with van der Waals surface area (Å²) in [5.74, 6) is 1.24. The van der Waals surface area contributed by atoms with E-state index in [1.165, 1.54) is 10.4 Å². The number of hydrogen-bond acceptors (Lipinski definition) is 5. The van der Waals surface area contributed by atoms with Gasteiger partial charge in [-0.15, -0.1) is 11.3 Å². The van der Waals surface area contributed by atoms with Gasteiger partial charge in [0, 0.05) is 4.88 Å². The maximum absolute atomic E-state index is 5.92. The summed E-state index contributed by atoms with van der Waals surface area (Å²) < 4.78 is 0. The zero-order chi connectivity index (χ0) is 11.1. The molecule has 4 N–H and O–H groups in total. The van der Waals surface area contributed by atoms with E-state index < -0.39 is 0 Å². The fourth-order valence-corrected chi connectivity index (χ4v) is 3.71. The second kappa shape index (κ2) is 3.68. The van der Waals surface area contributed by atoms with E-state index in [4.69, 9.17) is 11.5 Å². The molecule has 0 aliphatic heterocycles. The number of thiophene rings is 1. The van der Waals surface area contributed by atoms with E-state index in [-0.39, 0.29) is 0 Å². The molecule has 1 aliphatic rings. The van der Waals surface area contributed by atoms with Crippen LogP contribution in [0.2, 0.25) is 0 Å². The van der Waals surface area contributed by atoms with Crippen molar-refractivity contribution in [3.8, 4) is 0 Å². The van der Waals surface area contributed by atoms with E-state index in [1.807, 2.05) is 0 Å². The molecule has 0 aromatic carbocycles. The third-order valence-corrected chi connectivity index (χ3v) is 4.47. The maximum Gasteiger partial charge on any atom is 0.135 e. The summed E-state index contributed by atoms with van der Waals surface area (Å²) in [7, 11) is 0. The number of hydrogen-bond donors (Lipinski definition) is 2. The van der Waals surface area contributed by atoms with Gasteiger partial charge in [0.15, 0.2) is 0 Å². The highest BCUT2D eigenvalue weighted by atomic mass is 32.1. The number of fused-ring (bicyclic) bond motifs is 3. The number of anilines is 1. The Bertz CT molecular complexity index is 534. The Kier molecular flexibility index (Phi) is 2.29. The van der Waals surface area contributed by atoms with E-state index in [9.17, 15) is 0 Å². The van der Waals surface area contributed by atoms with Crippen molar-refractivity contribution in [2.45, 2.75) is 19.3 Å². The lowest BCUT2D eigenvalue weighted by atomic mass is 9.88. The zero-order valence-electron chi connectivity index (χ0n) is 8.94. The molecule has 2 aromatic heterocycles. The molecular formula is C11H14N4S. The van der Waals surface area contributed by atoms with Crippen LogP contribution in [0.15, 0.2) is 6.33 Å². The first-order valence-corrected chi connectivity index (χ1v) is 6.32. The van der Waals surface area contributed by atoms with Crippen molar-refractivity contribution in [2.24, 2.45) is 11.7 Å². The first-order valence-electron chi connectivity index (χ1n) is 5.50. The molecule has 4 nitrogen and oxygen atoms in total. The normalized spacial score (nSPS) is 19.9. The van der Waals surface area contributed by atoms with E-state index >= 15 is 0 Å². The molecule has 1 aliphatic carbocycles. The average molecular weight is 234 g/mol. The largest absolute Gasteiger partial charge is 0.383 e. The van der Waals surface area contributed by atoms with Gasteiger partial charge in [-0.1, -0.05) is 0 Å². The highest BCUT2D eigenvalue weighted by Crippen LogP contribution is 2.38. The Labute approximate surface area is 97.7 Å². The van der Waals surface area contributed by atoms with Crippen molar-refractivity contribution in [2.75, 3.05) is 12.3 Å². The highest BCUT2D eigenvalue weighted by Gasteiger charge is 2.23. The summed E-state index contributed by atoms with van der Waals surface area (Å²) in [5.41, 5.74) is 13.0. The quantitative estimate of drug-likeness (QED) is 0.780. The lowest BCUT2D eigenvalue weighted by molar-refractivity contribution is 0.476. The minimum absolute atomic E-state index is 0.619. The Morgan fingerprint density at radius 2 is 2.31 bits per heavy atom. The van der Waals surface area contributed by atoms with Crippen LogP contribution in [-0.2, 0) is 12.8 Å². The van der Waals surface area contributed by atoms with Gasteiger partial charge in [0.1, 0.15) is 17.0 Å². The Morgan fingerprint density at radius 1 is 1.44 bits per heavy atom. The molecule has 0 fully saturated rings. The molecule has 0 bridgehead atoms. The van der Waals surface area contributed by atoms with Crippen molar-refractivity contribution in [1.29, 1.82) is 0 Å². The molecule has 3 rings (SSSR count). The monoisotopic (exact) mass is 234 g/mol. The SMILES string of the molecule is NCC1CCc2c(sc3ncnc(N)c23)C1. The molecule has 2 heterocycles. The minimum Gasteiger partial charge on any atom is -0.383 e. The summed E-state index contributed by atoms with van der Waals surface area (Å²) in [6.07, 6.45) is 4.84. The lowest BCUT2D eigenvalue weighted by Gasteiger charge is -2.20. The van der Waals surface area contributed by atoms with Crippen LogP contribution in [0.5, 0.6) is 0 Å². The molecule has 1 atom stereocenters. The van der Waals surface area contributed by atoms with Gasteiger partial charge < -0.3 is 11.5 Å². The zero-order valence-corrected chi connectivity index (χ0v) is 9.76. The minimum atomic E-state index is 0.619. The van der Waals surface area contributed by atoms with Crippen molar-refractivity contribution >= 4 is 27.4 Å². The topological polar surface area (TPSA) is 77.8 Å². The summed E-state index contributed by atoms with van der Waals surface area (Å²) in [4.78, 5) is 10.8. The van der Waals surface area contributed by atoms with Crippen molar-refractivity contribution < 1.29 is 0 Å². The van der Waals surface area contributed by atoms with Gasteiger partial charge in [0.2, 0.25) is 0 Å². The van der Waals surface area contributed by atoms with E-state index in [0.717, 1.165) is 36.0 Å². The number of aromatic nitrogens is 2. The van der Waals surface area contributed by atoms with Gasteiger partial charge in [0.25, 0.3) is 0 Å². The fraction of sp³-hybridized carbons (Fsp3) is 0.455. The molecule has 0 saturated heterocycles. The Hall–Kier alpha value is -1.20. The van der Waals surface area contributed by atoms with Gasteiger partial charge in [-0.05, 0) is 37.3 Å². The molecule has 84 valence electrons. The Balaban J connectivity index is 2.17. The second-order valence-electron chi connectivity index (χ2n) is 4.29. The Morgan fingerprint density at radius 3 is 3.12 bits per heavy atom. The molecule has 16 heavy (non-hydrogen) atoms. The molecular weight excluding hydrogens is 220 g/mol. The second-order valence-corrected chi connectivity index (χ2v) is 5.37. The molecule has 0 amide bonds. The van der Waals surface area contributed by atoms with Crippen LogP contribution in [0.1, 0.15) is 16.9 Å². The molecule has 1 unspecified atom stereocenters. The lowest BCUT2D eigenvalue weighted by Crippen LogP contribution is -2.21. The number of rotatable bonds is 1. The van der Waals surface area contributed by atoms with Gasteiger partial charge in [-0.2, -0.15) is 0 Å². The van der Waals surface area contributed by atoms with Gasteiger partial charge in [0.05, 0.1) is 5.39 Å². The number of nitrogens with zero attached hydrogens (tertiary/aromatic N) is 2. The number of nitrogens with two attached hydrogens (primary N) is 2. The van der Waals surface area contributed by atoms with E-state index in [2.05, 4.69) is 9.97 Å². The summed E-state index contributed by atoms with van der Waals surface area (Å²) in [6.45, 7) is 0.773. The standard InChI is InChI=1S/C11H14N4S/c12-4-6-1-2-7-8(3-6)16-11-9(7)10(13)14-5-15-11/h5-6H,1-4,12H2,(H2,13,14,15). The molecule has 0 saturated carbocycles. The van der Waals surface area contributed by atoms with Crippen molar-refractivity contribution in [3.63, 3.8) is 0 Å². The van der Waals surface area contributed by atoms with Crippen LogP contribution < -0.4 is 11.5 Å². The number of nitrogen functional groups attached to an aromatic ring is 1. The van der Waals surface area contributed by atoms with Crippen molar-refractivity contribution in [3.05, 3.63) is 16.8 Å². The molecule has 0 spiro atoms.